The van der Waals surface area contributed by atoms with E-state index in [1.165, 1.54) is 24.3 Å². The number of ether oxygens (including phenoxy) is 4. The highest BCUT2D eigenvalue weighted by Gasteiger charge is 2.57. The molecule has 1 aromatic rings. The zero-order valence-corrected chi connectivity index (χ0v) is 48.6. The van der Waals surface area contributed by atoms with Crippen LogP contribution < -0.4 is 21.4 Å². The summed E-state index contributed by atoms with van der Waals surface area (Å²) in [5.74, 6) is -5.81. The van der Waals surface area contributed by atoms with Gasteiger partial charge in [-0.3, -0.25) is 29.0 Å². The number of aliphatic hydroxyl groups is 3. The Balaban J connectivity index is 1.20. The Morgan fingerprint density at radius 3 is 2.42 bits per heavy atom. The number of nitrogens with one attached hydrogen (secondary N) is 4. The molecule has 4 fully saturated rings. The van der Waals surface area contributed by atoms with Gasteiger partial charge in [0.05, 0.1) is 36.4 Å². The normalized spacial score (nSPS) is 37.4. The average Bonchev–Trinajstić information content (AvgIpc) is 3.55. The summed E-state index contributed by atoms with van der Waals surface area (Å²) in [5.41, 5.74) is 3.39. The predicted molar refractivity (Wildman–Crippen MR) is 299 cm³/mol. The highest BCUT2D eigenvalue weighted by atomic mass is 16.7. The molecule has 5 heterocycles. The molecule has 5 aliphatic rings. The largest absolute Gasteiger partial charge is 0.508 e. The molecule has 8 N–H and O–H groups in total. The zero-order valence-electron chi connectivity index (χ0n) is 48.6. The number of methoxy groups -OCH3 is 1. The van der Waals surface area contributed by atoms with Crippen LogP contribution in [0.2, 0.25) is 0 Å². The molecule has 18 atom stereocenters. The number of amides is 4. The Morgan fingerprint density at radius 2 is 1.72 bits per heavy atom. The maximum absolute atomic E-state index is 14.6. The lowest BCUT2D eigenvalue weighted by atomic mass is 9.69. The third-order valence-corrected chi connectivity index (χ3v) is 17.8. The number of allylic oxidation sites excluding steroid dienone is 5. The van der Waals surface area contributed by atoms with Crippen molar-refractivity contribution in [1.29, 1.82) is 0 Å². The number of esters is 1. The number of benzene rings is 1. The fraction of sp³-hybridized carbons (Fsp3) is 0.689. The molecule has 6 rings (SSSR count). The van der Waals surface area contributed by atoms with Gasteiger partial charge in [-0.15, -0.1) is 0 Å². The molecule has 2 bridgehead atoms. The van der Waals surface area contributed by atoms with Crippen molar-refractivity contribution in [2.24, 2.45) is 47.3 Å². The molecule has 440 valence electrons. The van der Waals surface area contributed by atoms with Crippen LogP contribution in [0.4, 0.5) is 0 Å². The topological polar surface area (TPSA) is 255 Å². The Bertz CT molecular complexity index is 2380. The number of hydrazine groups is 1. The van der Waals surface area contributed by atoms with E-state index in [-0.39, 0.29) is 60.6 Å². The first-order valence-corrected chi connectivity index (χ1v) is 29.0. The van der Waals surface area contributed by atoms with Gasteiger partial charge < -0.3 is 55.3 Å². The average molecular weight is 1100 g/mol. The van der Waals surface area contributed by atoms with Crippen LogP contribution >= 0.6 is 0 Å². The predicted octanol–water partition coefficient (Wildman–Crippen LogP) is 6.22. The number of nitrogens with zero attached hydrogens (tertiary/aromatic N) is 1. The summed E-state index contributed by atoms with van der Waals surface area (Å²) < 4.78 is 25.2. The minimum atomic E-state index is -1.17. The first-order valence-electron chi connectivity index (χ1n) is 29.0. The van der Waals surface area contributed by atoms with Crippen molar-refractivity contribution in [3.8, 4) is 5.75 Å². The number of piperidine rings is 1. The summed E-state index contributed by atoms with van der Waals surface area (Å²) >= 11 is 0. The van der Waals surface area contributed by atoms with E-state index in [0.717, 1.165) is 12.0 Å². The summed E-state index contributed by atoms with van der Waals surface area (Å²) in [4.78, 5) is 70.6. The molecule has 4 saturated heterocycles. The number of carbonyl (C=O) groups is 5. The molecule has 4 amide bonds. The summed E-state index contributed by atoms with van der Waals surface area (Å²) in [6.45, 7) is 19.2. The molecular weight excluding hydrogens is 1010 g/mol. The van der Waals surface area contributed by atoms with Gasteiger partial charge in [-0.05, 0) is 93.9 Å². The van der Waals surface area contributed by atoms with Crippen molar-refractivity contribution in [3.05, 3.63) is 77.9 Å². The van der Waals surface area contributed by atoms with Crippen LogP contribution in [0.1, 0.15) is 139 Å². The van der Waals surface area contributed by atoms with Crippen LogP contribution in [0, 0.1) is 47.3 Å². The number of hydrogen-bond donors (Lipinski definition) is 8. The van der Waals surface area contributed by atoms with Crippen molar-refractivity contribution in [2.45, 2.75) is 206 Å². The zero-order chi connectivity index (χ0) is 57.9. The molecule has 5 aliphatic heterocycles. The van der Waals surface area contributed by atoms with Gasteiger partial charge in [0.2, 0.25) is 17.7 Å². The molecule has 0 aromatic heterocycles. The maximum Gasteiger partial charge on any atom is 0.325 e. The summed E-state index contributed by atoms with van der Waals surface area (Å²) in [6, 6.07) is 3.25. The van der Waals surface area contributed by atoms with Gasteiger partial charge in [0.15, 0.2) is 5.79 Å². The Labute approximate surface area is 468 Å². The van der Waals surface area contributed by atoms with Crippen LogP contribution in [-0.2, 0) is 49.3 Å². The Hall–Kier alpha value is -4.95. The van der Waals surface area contributed by atoms with Gasteiger partial charge in [-0.25, -0.2) is 5.43 Å². The molecule has 79 heavy (non-hydrogen) atoms. The first-order chi connectivity index (χ1) is 37.4. The third-order valence-electron chi connectivity index (χ3n) is 17.8. The second-order valence-electron chi connectivity index (χ2n) is 23.9. The van der Waals surface area contributed by atoms with Gasteiger partial charge in [-0.2, -0.15) is 0 Å². The summed E-state index contributed by atoms with van der Waals surface area (Å²) in [6.07, 6.45) is 13.0. The summed E-state index contributed by atoms with van der Waals surface area (Å²) in [7, 11) is 1.53. The van der Waals surface area contributed by atoms with E-state index in [0.29, 0.717) is 56.9 Å². The first kappa shape index (κ1) is 63.2. The van der Waals surface area contributed by atoms with E-state index in [1.54, 1.807) is 58.1 Å². The number of phenolic OH excluding ortho intramolecular Hbond substituents is 1. The molecule has 0 radical (unpaired) electrons. The van der Waals surface area contributed by atoms with Crippen LogP contribution in [-0.4, -0.2) is 135 Å². The van der Waals surface area contributed by atoms with Gasteiger partial charge >= 0.3 is 5.97 Å². The molecule has 18 heteroatoms. The number of phenols is 1. The van der Waals surface area contributed by atoms with Crippen molar-refractivity contribution < 1.29 is 63.3 Å². The molecular formula is C61H93N5O13. The number of hydrogen-bond acceptors (Lipinski definition) is 14. The van der Waals surface area contributed by atoms with Crippen molar-refractivity contribution in [1.82, 2.24) is 26.4 Å². The lowest BCUT2D eigenvalue weighted by molar-refractivity contribution is -0.280. The lowest BCUT2D eigenvalue weighted by Gasteiger charge is -2.56. The lowest BCUT2D eigenvalue weighted by Crippen LogP contribution is -2.71. The molecule has 18 nitrogen and oxygen atoms in total. The van der Waals surface area contributed by atoms with E-state index in [1.807, 2.05) is 58.9 Å². The number of carbonyl (C=O) groups excluding carboxylic acids is 5. The van der Waals surface area contributed by atoms with Crippen molar-refractivity contribution >= 4 is 29.6 Å². The minimum absolute atomic E-state index is 0.00586. The fourth-order valence-corrected chi connectivity index (χ4v) is 12.1. The molecule has 0 unspecified atom stereocenters. The van der Waals surface area contributed by atoms with Crippen LogP contribution in [0.25, 0.3) is 0 Å². The van der Waals surface area contributed by atoms with Gasteiger partial charge in [0.1, 0.15) is 35.7 Å². The molecule has 0 saturated carbocycles. The van der Waals surface area contributed by atoms with Gasteiger partial charge in [0.25, 0.3) is 5.91 Å². The smallest absolute Gasteiger partial charge is 0.325 e. The van der Waals surface area contributed by atoms with E-state index in [4.69, 9.17) is 18.9 Å². The van der Waals surface area contributed by atoms with E-state index in [2.05, 4.69) is 28.3 Å². The number of aromatic hydroxyl groups is 1. The molecule has 1 spiro atoms. The number of rotatable bonds is 13. The number of aliphatic hydroxyl groups excluding tert-OH is 3. The van der Waals surface area contributed by atoms with E-state index in [9.17, 15) is 44.4 Å². The standard InChI is InChI=1S/C61H93N5O13/c1-12-43-31-38(6)61(64-55(43)71)41(9)53(70)40(8)51(78-61)34-49(69)36(4)21-15-13-16-22-37(5)50-27-18-14-17-26-48(68)39(7)54-45(28-29-60(10,76-11)79-54)56(72)63-52(35(2)3)57(73)62-47(33-42-23-19-24-44(67)32-42)58(74)66-30-20-25-46(65-66)59(75)77-50/h13-14,16-19,22-24,26,32,35-36,38-41,43,45-54,65,67-70H,12,15,20-21,25,27-31,33-34H2,1-11H3,(H,62,73)(H,63,72)(H,64,71)/b16-13+,18-14+,26-17+,37-22+/t36-,38-,39+,40-,41-,43-,45+,46-,47-,48-,49-,50-,51-,52-,53-,54+,60-,61+/m0/s1. The van der Waals surface area contributed by atoms with Crippen LogP contribution in [0.5, 0.6) is 5.75 Å². The van der Waals surface area contributed by atoms with E-state index < -0.39 is 108 Å². The highest BCUT2D eigenvalue weighted by Crippen LogP contribution is 2.46. The monoisotopic (exact) mass is 1100 g/mol. The SMILES string of the molecule is CC[C@H]1C[C@H](C)[C@@]2(NC1=O)O[C@@H](C[C@H](O)[C@@H](C)CC/C=C/C=C(\C)[C@@H]1C/C=C/C=C/[C@H](O)[C@@H](C)[C@H]3O[C@](C)(OC)CC[C@H]3C(=O)N[C@@H](C(C)C)C(=O)N[C@@H](Cc3cccc(O)c3)C(=O)N3CCC[C@H](N3)C(=O)O1)[C@H](C)[C@H](O)[C@@H]2C. The Morgan fingerprint density at radius 1 is 0.975 bits per heavy atom. The number of fused-ring (bicyclic) bond motifs is 3. The quantitative estimate of drug-likeness (QED) is 0.0807. The highest BCUT2D eigenvalue weighted by molar-refractivity contribution is 5.93. The van der Waals surface area contributed by atoms with Crippen LogP contribution in [0.15, 0.2) is 72.4 Å². The summed E-state index contributed by atoms with van der Waals surface area (Å²) in [5, 5.41) is 55.2. The second-order valence-corrected chi connectivity index (χ2v) is 23.9. The van der Waals surface area contributed by atoms with Gasteiger partial charge in [0, 0.05) is 68.9 Å². The van der Waals surface area contributed by atoms with E-state index >= 15 is 0 Å². The molecule has 0 aliphatic carbocycles. The Kier molecular flexibility index (Phi) is 22.5. The van der Waals surface area contributed by atoms with Crippen LogP contribution in [0.3, 0.4) is 0 Å². The second kappa shape index (κ2) is 28.2. The third kappa shape index (κ3) is 15.7. The van der Waals surface area contributed by atoms with Gasteiger partial charge in [-0.1, -0.05) is 110 Å². The molecule has 1 aromatic carbocycles. The fourth-order valence-electron chi connectivity index (χ4n) is 12.1. The van der Waals surface area contributed by atoms with Crippen molar-refractivity contribution in [2.75, 3.05) is 13.7 Å². The maximum atomic E-state index is 14.6. The minimum Gasteiger partial charge on any atom is -0.508 e. The number of cyclic esters (lactones) is 1. The van der Waals surface area contributed by atoms with Crippen molar-refractivity contribution in [3.63, 3.8) is 0 Å².